The van der Waals surface area contributed by atoms with Crippen LogP contribution in [0, 0.1) is 5.92 Å². The Kier molecular flexibility index (Phi) is 5.45. The van der Waals surface area contributed by atoms with Crippen molar-refractivity contribution in [2.75, 3.05) is 24.5 Å². The zero-order valence-electron chi connectivity index (χ0n) is 12.3. The van der Waals surface area contributed by atoms with Crippen molar-refractivity contribution in [2.45, 2.75) is 38.9 Å². The molecule has 0 aromatic carbocycles. The van der Waals surface area contributed by atoms with Gasteiger partial charge in [-0.05, 0) is 37.9 Å². The fraction of sp³-hybridized carbons (Fsp3) is 0.667. The number of hydrogen-bond donors (Lipinski definition) is 1. The van der Waals surface area contributed by atoms with Crippen molar-refractivity contribution in [3.05, 3.63) is 24.0 Å². The number of nitrogens with zero attached hydrogens (tertiary/aromatic N) is 2. The lowest BCUT2D eigenvalue weighted by Gasteiger charge is -2.35. The first-order valence-corrected chi connectivity index (χ1v) is 7.48. The van der Waals surface area contributed by atoms with E-state index in [0.29, 0.717) is 19.5 Å². The number of pyridine rings is 1. The van der Waals surface area contributed by atoms with Gasteiger partial charge >= 0.3 is 6.18 Å². The van der Waals surface area contributed by atoms with Crippen LogP contribution in [0.2, 0.25) is 0 Å². The van der Waals surface area contributed by atoms with Gasteiger partial charge in [-0.2, -0.15) is 13.2 Å². The van der Waals surface area contributed by atoms with Gasteiger partial charge in [0.1, 0.15) is 0 Å². The summed E-state index contributed by atoms with van der Waals surface area (Å²) in [4.78, 5) is 6.09. The molecule has 1 atom stereocenters. The number of nitrogens with one attached hydrogen (secondary N) is 1. The summed E-state index contributed by atoms with van der Waals surface area (Å²) in [5.74, 6) is -1.22. The smallest absolute Gasteiger partial charge is 0.371 e. The molecule has 0 bridgehead atoms. The first-order chi connectivity index (χ1) is 10.0. The molecule has 3 nitrogen and oxygen atoms in total. The van der Waals surface area contributed by atoms with Gasteiger partial charge in [-0.1, -0.05) is 6.92 Å². The van der Waals surface area contributed by atoms with Crippen LogP contribution >= 0.6 is 0 Å². The largest absolute Gasteiger partial charge is 0.393 e. The molecule has 118 valence electrons. The summed E-state index contributed by atoms with van der Waals surface area (Å²) in [6.07, 6.45) is -0.572. The number of rotatable bonds is 5. The second-order valence-corrected chi connectivity index (χ2v) is 5.51. The number of halogens is 3. The van der Waals surface area contributed by atoms with Crippen LogP contribution in [0.5, 0.6) is 0 Å². The van der Waals surface area contributed by atoms with Crippen LogP contribution in [-0.4, -0.2) is 30.8 Å². The zero-order valence-corrected chi connectivity index (χ0v) is 12.3. The highest BCUT2D eigenvalue weighted by Gasteiger charge is 2.41. The van der Waals surface area contributed by atoms with Crippen molar-refractivity contribution in [1.29, 1.82) is 0 Å². The summed E-state index contributed by atoms with van der Waals surface area (Å²) in [7, 11) is 0. The molecular formula is C15H22F3N3. The van der Waals surface area contributed by atoms with Gasteiger partial charge in [-0.15, -0.1) is 0 Å². The minimum absolute atomic E-state index is 0.0509. The third kappa shape index (κ3) is 4.59. The number of aromatic nitrogens is 1. The van der Waals surface area contributed by atoms with Crippen LogP contribution in [-0.2, 0) is 6.54 Å². The molecule has 1 fully saturated rings. The van der Waals surface area contributed by atoms with Gasteiger partial charge in [0.2, 0.25) is 0 Å². The van der Waals surface area contributed by atoms with Gasteiger partial charge in [0.15, 0.2) is 0 Å². The van der Waals surface area contributed by atoms with Gasteiger partial charge in [-0.3, -0.25) is 4.98 Å². The maximum Gasteiger partial charge on any atom is 0.393 e. The third-order valence-corrected chi connectivity index (χ3v) is 3.78. The second-order valence-electron chi connectivity index (χ2n) is 5.51. The van der Waals surface area contributed by atoms with Crippen molar-refractivity contribution >= 4 is 5.69 Å². The highest BCUT2D eigenvalue weighted by Crippen LogP contribution is 2.34. The van der Waals surface area contributed by atoms with E-state index < -0.39 is 12.1 Å². The van der Waals surface area contributed by atoms with Crippen molar-refractivity contribution in [2.24, 2.45) is 5.92 Å². The van der Waals surface area contributed by atoms with E-state index in [4.69, 9.17) is 0 Å². The summed E-state index contributed by atoms with van der Waals surface area (Å²) in [5, 5.41) is 3.25. The Hall–Kier alpha value is -1.30. The van der Waals surface area contributed by atoms with Crippen LogP contribution in [0.25, 0.3) is 0 Å². The van der Waals surface area contributed by atoms with E-state index in [2.05, 4.69) is 17.2 Å². The van der Waals surface area contributed by atoms with Gasteiger partial charge < -0.3 is 10.2 Å². The van der Waals surface area contributed by atoms with Crippen LogP contribution in [0.15, 0.2) is 18.3 Å². The number of alkyl halides is 3. The Morgan fingerprint density at radius 3 is 2.95 bits per heavy atom. The third-order valence-electron chi connectivity index (χ3n) is 3.78. The minimum Gasteiger partial charge on any atom is -0.371 e. The van der Waals surface area contributed by atoms with Gasteiger partial charge in [0.05, 0.1) is 11.6 Å². The molecule has 0 saturated carbocycles. The zero-order chi connectivity index (χ0) is 15.3. The summed E-state index contributed by atoms with van der Waals surface area (Å²) in [6, 6.07) is 3.68. The Morgan fingerprint density at radius 1 is 1.43 bits per heavy atom. The lowest BCUT2D eigenvalue weighted by molar-refractivity contribution is -0.175. The highest BCUT2D eigenvalue weighted by atomic mass is 19.4. The molecular weight excluding hydrogens is 279 g/mol. The van der Waals surface area contributed by atoms with Crippen molar-refractivity contribution in [3.63, 3.8) is 0 Å². The van der Waals surface area contributed by atoms with E-state index in [1.807, 2.05) is 11.0 Å². The first-order valence-electron chi connectivity index (χ1n) is 7.48. The SMILES string of the molecule is CCCNCc1cc(N2CCCC(C(F)(F)F)C2)ccn1. The standard InChI is InChI=1S/C15H22F3N3/c1-2-6-19-10-13-9-14(5-7-20-13)21-8-3-4-12(11-21)15(16,17)18/h5,7,9,12,19H,2-4,6,8,10-11H2,1H3. The topological polar surface area (TPSA) is 28.2 Å². The molecule has 0 radical (unpaired) electrons. The first kappa shape index (κ1) is 16.1. The fourth-order valence-corrected chi connectivity index (χ4v) is 2.63. The van der Waals surface area contributed by atoms with Gasteiger partial charge in [0.25, 0.3) is 0 Å². The molecule has 2 rings (SSSR count). The summed E-state index contributed by atoms with van der Waals surface area (Å²) in [5.41, 5.74) is 1.71. The Labute approximate surface area is 123 Å². The normalized spacial score (nSPS) is 19.8. The molecule has 0 amide bonds. The van der Waals surface area contributed by atoms with E-state index in [1.165, 1.54) is 0 Å². The molecule has 6 heteroatoms. The van der Waals surface area contributed by atoms with E-state index in [-0.39, 0.29) is 13.0 Å². The Bertz CT molecular complexity index is 448. The van der Waals surface area contributed by atoms with Gasteiger partial charge in [-0.25, -0.2) is 0 Å². The van der Waals surface area contributed by atoms with Crippen LogP contribution in [0.3, 0.4) is 0 Å². The molecule has 21 heavy (non-hydrogen) atoms. The highest BCUT2D eigenvalue weighted by molar-refractivity contribution is 5.47. The number of hydrogen-bond acceptors (Lipinski definition) is 3. The molecule has 2 heterocycles. The maximum atomic E-state index is 12.9. The number of piperidine rings is 1. The lowest BCUT2D eigenvalue weighted by atomic mass is 9.97. The van der Waals surface area contributed by atoms with E-state index in [1.54, 1.807) is 12.3 Å². The van der Waals surface area contributed by atoms with Crippen LogP contribution < -0.4 is 10.2 Å². The molecule has 1 aromatic heterocycles. The predicted octanol–water partition coefficient (Wildman–Crippen LogP) is 3.36. The average molecular weight is 301 g/mol. The predicted molar refractivity (Wildman–Crippen MR) is 77.2 cm³/mol. The van der Waals surface area contributed by atoms with Crippen LogP contribution in [0.4, 0.5) is 18.9 Å². The maximum absolute atomic E-state index is 12.9. The molecule has 1 saturated heterocycles. The summed E-state index contributed by atoms with van der Waals surface area (Å²) < 4.78 is 38.6. The molecule has 1 aliphatic rings. The molecule has 1 unspecified atom stereocenters. The van der Waals surface area contributed by atoms with Gasteiger partial charge in [0, 0.05) is 31.5 Å². The minimum atomic E-state index is -4.10. The van der Waals surface area contributed by atoms with Crippen molar-refractivity contribution in [1.82, 2.24) is 10.3 Å². The summed E-state index contributed by atoms with van der Waals surface area (Å²) >= 11 is 0. The average Bonchev–Trinajstić information content (AvgIpc) is 2.47. The fourth-order valence-electron chi connectivity index (χ4n) is 2.63. The van der Waals surface area contributed by atoms with Crippen molar-refractivity contribution in [3.8, 4) is 0 Å². The number of anilines is 1. The van der Waals surface area contributed by atoms with Crippen molar-refractivity contribution < 1.29 is 13.2 Å². The molecule has 0 aliphatic carbocycles. The molecule has 0 spiro atoms. The molecule has 1 aromatic rings. The lowest BCUT2D eigenvalue weighted by Crippen LogP contribution is -2.41. The molecule has 1 aliphatic heterocycles. The van der Waals surface area contributed by atoms with Crippen LogP contribution in [0.1, 0.15) is 31.9 Å². The molecule has 1 N–H and O–H groups in total. The Morgan fingerprint density at radius 2 is 2.24 bits per heavy atom. The Balaban J connectivity index is 2.02. The monoisotopic (exact) mass is 301 g/mol. The van der Waals surface area contributed by atoms with E-state index in [0.717, 1.165) is 24.3 Å². The quantitative estimate of drug-likeness (QED) is 0.845. The van der Waals surface area contributed by atoms with E-state index >= 15 is 0 Å². The summed E-state index contributed by atoms with van der Waals surface area (Å²) in [6.45, 7) is 4.37. The second kappa shape index (κ2) is 7.11. The van der Waals surface area contributed by atoms with E-state index in [9.17, 15) is 13.2 Å².